The van der Waals surface area contributed by atoms with Gasteiger partial charge in [0.1, 0.15) is 0 Å². The van der Waals surface area contributed by atoms with Gasteiger partial charge in [0.15, 0.2) is 6.61 Å². The number of nitrogens with zero attached hydrogens (tertiary/aromatic N) is 1. The standard InChI is InChI=1S/C20H28N2O6S/c1-15-6-2-3-10-22(15)29(25,26)18-9-4-7-16(12-18)20(24)28-14-19(23)21-13-17-8-5-11-27-17/h4,7,9,12,15,17H,2-3,5-6,8,10-11,13-14H2,1H3,(H,21,23)/t15-,17-/m0/s1. The fourth-order valence-electron chi connectivity index (χ4n) is 3.65. The maximum atomic E-state index is 12.9. The number of sulfonamides is 1. The fraction of sp³-hybridized carbons (Fsp3) is 0.600. The number of ether oxygens (including phenoxy) is 2. The Morgan fingerprint density at radius 2 is 2.07 bits per heavy atom. The van der Waals surface area contributed by atoms with Gasteiger partial charge < -0.3 is 14.8 Å². The van der Waals surface area contributed by atoms with Gasteiger partial charge in [0.25, 0.3) is 5.91 Å². The van der Waals surface area contributed by atoms with Crippen molar-refractivity contribution in [2.75, 3.05) is 26.3 Å². The first-order valence-electron chi connectivity index (χ1n) is 10.1. The van der Waals surface area contributed by atoms with E-state index < -0.39 is 28.5 Å². The first-order chi connectivity index (χ1) is 13.9. The average Bonchev–Trinajstić information content (AvgIpc) is 3.24. The zero-order chi connectivity index (χ0) is 20.9. The minimum Gasteiger partial charge on any atom is -0.452 e. The molecule has 9 heteroatoms. The molecule has 2 aliphatic rings. The van der Waals surface area contributed by atoms with Gasteiger partial charge >= 0.3 is 5.97 Å². The summed E-state index contributed by atoms with van der Waals surface area (Å²) in [4.78, 5) is 24.2. The molecule has 8 nitrogen and oxygen atoms in total. The highest BCUT2D eigenvalue weighted by molar-refractivity contribution is 7.89. The van der Waals surface area contributed by atoms with E-state index in [1.807, 2.05) is 6.92 Å². The van der Waals surface area contributed by atoms with Gasteiger partial charge in [-0.05, 0) is 50.8 Å². The summed E-state index contributed by atoms with van der Waals surface area (Å²) >= 11 is 0. The third kappa shape index (κ3) is 5.55. The molecule has 3 rings (SSSR count). The van der Waals surface area contributed by atoms with Crippen LogP contribution in [0.5, 0.6) is 0 Å². The molecule has 1 N–H and O–H groups in total. The van der Waals surface area contributed by atoms with Crippen molar-refractivity contribution >= 4 is 21.9 Å². The van der Waals surface area contributed by atoms with Gasteiger partial charge in [0, 0.05) is 25.7 Å². The molecule has 2 atom stereocenters. The van der Waals surface area contributed by atoms with Crippen LogP contribution in [0.2, 0.25) is 0 Å². The molecular weight excluding hydrogens is 396 g/mol. The molecule has 1 amide bonds. The Bertz CT molecular complexity index is 835. The van der Waals surface area contributed by atoms with Gasteiger partial charge in [0.05, 0.1) is 16.6 Å². The smallest absolute Gasteiger partial charge is 0.338 e. The molecule has 160 valence electrons. The van der Waals surface area contributed by atoms with E-state index >= 15 is 0 Å². The van der Waals surface area contributed by atoms with Crippen molar-refractivity contribution in [2.24, 2.45) is 0 Å². The van der Waals surface area contributed by atoms with Gasteiger partial charge in [-0.15, -0.1) is 0 Å². The summed E-state index contributed by atoms with van der Waals surface area (Å²) < 4.78 is 37.8. The molecule has 0 aliphatic carbocycles. The summed E-state index contributed by atoms with van der Waals surface area (Å²) in [6.45, 7) is 3.03. The number of esters is 1. The van der Waals surface area contributed by atoms with Crippen LogP contribution in [0.15, 0.2) is 29.2 Å². The number of nitrogens with one attached hydrogen (secondary N) is 1. The van der Waals surface area contributed by atoms with Crippen molar-refractivity contribution in [1.82, 2.24) is 9.62 Å². The van der Waals surface area contributed by atoms with E-state index in [9.17, 15) is 18.0 Å². The monoisotopic (exact) mass is 424 g/mol. The summed E-state index contributed by atoms with van der Waals surface area (Å²) in [6.07, 6.45) is 4.54. The van der Waals surface area contributed by atoms with Gasteiger partial charge in [-0.3, -0.25) is 4.79 Å². The molecule has 2 aliphatic heterocycles. The summed E-state index contributed by atoms with van der Waals surface area (Å²) in [6, 6.07) is 5.70. The van der Waals surface area contributed by atoms with Gasteiger partial charge in [-0.2, -0.15) is 4.31 Å². The van der Waals surface area contributed by atoms with Crippen LogP contribution >= 0.6 is 0 Å². The topological polar surface area (TPSA) is 102 Å². The van der Waals surface area contributed by atoms with Crippen molar-refractivity contribution in [3.8, 4) is 0 Å². The van der Waals surface area contributed by atoms with E-state index in [0.29, 0.717) is 19.7 Å². The lowest BCUT2D eigenvalue weighted by molar-refractivity contribution is -0.124. The van der Waals surface area contributed by atoms with E-state index in [4.69, 9.17) is 9.47 Å². The normalized spacial score (nSPS) is 22.9. The van der Waals surface area contributed by atoms with Gasteiger partial charge in [-0.1, -0.05) is 12.5 Å². The first kappa shape index (κ1) is 21.7. The second-order valence-electron chi connectivity index (χ2n) is 7.50. The van der Waals surface area contributed by atoms with Crippen LogP contribution in [0.1, 0.15) is 49.4 Å². The Labute approximate surface area is 171 Å². The SMILES string of the molecule is C[C@H]1CCCCN1S(=O)(=O)c1cccc(C(=O)OCC(=O)NC[C@@H]2CCCO2)c1. The maximum Gasteiger partial charge on any atom is 0.338 e. The summed E-state index contributed by atoms with van der Waals surface area (Å²) in [5.74, 6) is -1.15. The average molecular weight is 425 g/mol. The minimum absolute atomic E-state index is 0.00807. The van der Waals surface area contributed by atoms with Crippen molar-refractivity contribution in [3.63, 3.8) is 0 Å². The Hall–Kier alpha value is -1.97. The predicted molar refractivity (Wildman–Crippen MR) is 106 cm³/mol. The summed E-state index contributed by atoms with van der Waals surface area (Å²) in [7, 11) is -3.68. The summed E-state index contributed by atoms with van der Waals surface area (Å²) in [5, 5.41) is 2.67. The predicted octanol–water partition coefficient (Wildman–Crippen LogP) is 1.70. The third-order valence-corrected chi connectivity index (χ3v) is 7.31. The van der Waals surface area contributed by atoms with E-state index in [1.54, 1.807) is 0 Å². The van der Waals surface area contributed by atoms with Crippen molar-refractivity contribution in [3.05, 3.63) is 29.8 Å². The molecule has 0 aromatic heterocycles. The van der Waals surface area contributed by atoms with E-state index in [0.717, 1.165) is 32.1 Å². The molecule has 29 heavy (non-hydrogen) atoms. The highest BCUT2D eigenvalue weighted by Crippen LogP contribution is 2.25. The Morgan fingerprint density at radius 3 is 2.79 bits per heavy atom. The number of hydrogen-bond donors (Lipinski definition) is 1. The van der Waals surface area contributed by atoms with E-state index in [-0.39, 0.29) is 22.6 Å². The summed E-state index contributed by atoms with van der Waals surface area (Å²) in [5.41, 5.74) is 0.0997. The van der Waals surface area contributed by atoms with E-state index in [2.05, 4.69) is 5.32 Å². The highest BCUT2D eigenvalue weighted by atomic mass is 32.2. The van der Waals surface area contributed by atoms with Crippen molar-refractivity contribution in [1.29, 1.82) is 0 Å². The minimum atomic E-state index is -3.68. The number of amides is 1. The zero-order valence-electron chi connectivity index (χ0n) is 16.6. The molecule has 1 aromatic carbocycles. The zero-order valence-corrected chi connectivity index (χ0v) is 17.4. The van der Waals surface area contributed by atoms with Crippen LogP contribution in [0.4, 0.5) is 0 Å². The first-order valence-corrected chi connectivity index (χ1v) is 11.5. The lowest BCUT2D eigenvalue weighted by Gasteiger charge is -2.32. The van der Waals surface area contributed by atoms with Crippen LogP contribution in [-0.4, -0.2) is 63.0 Å². The Kier molecular flexibility index (Phi) is 7.26. The molecule has 1 aromatic rings. The van der Waals surface area contributed by atoms with Crippen LogP contribution in [-0.2, 0) is 24.3 Å². The quantitative estimate of drug-likeness (QED) is 0.669. The third-order valence-electron chi connectivity index (χ3n) is 5.30. The molecule has 2 saturated heterocycles. The van der Waals surface area contributed by atoms with Crippen molar-refractivity contribution in [2.45, 2.75) is 56.1 Å². The second-order valence-corrected chi connectivity index (χ2v) is 9.39. The number of piperidine rings is 1. The second kappa shape index (κ2) is 9.69. The van der Waals surface area contributed by atoms with Gasteiger partial charge in [0.2, 0.25) is 10.0 Å². The number of rotatable bonds is 7. The molecule has 0 spiro atoms. The molecule has 2 heterocycles. The van der Waals surface area contributed by atoms with Crippen LogP contribution < -0.4 is 5.32 Å². The molecule has 0 unspecified atom stereocenters. The molecule has 2 fully saturated rings. The number of carbonyl (C=O) groups excluding carboxylic acids is 2. The highest BCUT2D eigenvalue weighted by Gasteiger charge is 2.31. The Morgan fingerprint density at radius 1 is 1.24 bits per heavy atom. The number of carbonyl (C=O) groups is 2. The molecular formula is C20H28N2O6S. The molecule has 0 radical (unpaired) electrons. The fourth-order valence-corrected chi connectivity index (χ4v) is 5.39. The van der Waals surface area contributed by atoms with Crippen LogP contribution in [0, 0.1) is 0 Å². The molecule has 0 saturated carbocycles. The van der Waals surface area contributed by atoms with Gasteiger partial charge in [-0.25, -0.2) is 13.2 Å². The lowest BCUT2D eigenvalue weighted by atomic mass is 10.1. The lowest BCUT2D eigenvalue weighted by Crippen LogP contribution is -2.41. The Balaban J connectivity index is 1.58. The van der Waals surface area contributed by atoms with Crippen LogP contribution in [0.3, 0.4) is 0 Å². The van der Waals surface area contributed by atoms with Crippen molar-refractivity contribution < 1.29 is 27.5 Å². The molecule has 0 bridgehead atoms. The number of hydrogen-bond acceptors (Lipinski definition) is 6. The number of benzene rings is 1. The van der Waals surface area contributed by atoms with Crippen LogP contribution in [0.25, 0.3) is 0 Å². The largest absolute Gasteiger partial charge is 0.452 e. The van der Waals surface area contributed by atoms with E-state index in [1.165, 1.54) is 28.6 Å². The maximum absolute atomic E-state index is 12.9.